The summed E-state index contributed by atoms with van der Waals surface area (Å²) in [7, 11) is 0. The zero-order valence-corrected chi connectivity index (χ0v) is 13.9. The predicted octanol–water partition coefficient (Wildman–Crippen LogP) is 4.51. The molecule has 1 aliphatic rings. The van der Waals surface area contributed by atoms with Crippen LogP contribution in [0.25, 0.3) is 10.9 Å². The van der Waals surface area contributed by atoms with Crippen LogP contribution in [-0.4, -0.2) is 24.2 Å². The summed E-state index contributed by atoms with van der Waals surface area (Å²) >= 11 is 0. The number of hydrogen-bond donors (Lipinski definition) is 1. The Morgan fingerprint density at radius 3 is 2.68 bits per heavy atom. The molecular formula is C19H26N2O. The molecule has 2 aromatic rings. The van der Waals surface area contributed by atoms with Crippen molar-refractivity contribution in [2.24, 2.45) is 0 Å². The van der Waals surface area contributed by atoms with Crippen molar-refractivity contribution in [1.82, 2.24) is 4.98 Å². The molecule has 0 amide bonds. The second kappa shape index (κ2) is 6.66. The summed E-state index contributed by atoms with van der Waals surface area (Å²) in [6, 6.07) is 9.38. The molecule has 2 heterocycles. The van der Waals surface area contributed by atoms with Gasteiger partial charge in [0.25, 0.3) is 0 Å². The molecule has 3 heteroatoms. The Balaban J connectivity index is 1.95. The average molecular weight is 298 g/mol. The van der Waals surface area contributed by atoms with Gasteiger partial charge in [-0.3, -0.25) is 4.98 Å². The lowest BCUT2D eigenvalue weighted by molar-refractivity contribution is 0.0904. The number of fused-ring (bicyclic) bond motifs is 1. The summed E-state index contributed by atoms with van der Waals surface area (Å²) in [6.45, 7) is 8.41. The molecule has 3 rings (SSSR count). The monoisotopic (exact) mass is 298 g/mol. The van der Waals surface area contributed by atoms with Gasteiger partial charge in [-0.1, -0.05) is 20.8 Å². The quantitative estimate of drug-likeness (QED) is 0.901. The van der Waals surface area contributed by atoms with Gasteiger partial charge < -0.3 is 10.1 Å². The second-order valence-corrected chi connectivity index (χ2v) is 6.47. The number of nitrogens with one attached hydrogen (secondary N) is 1. The van der Waals surface area contributed by atoms with Gasteiger partial charge in [-0.05, 0) is 55.0 Å². The van der Waals surface area contributed by atoms with Crippen LogP contribution >= 0.6 is 0 Å². The molecule has 1 aromatic heterocycles. The van der Waals surface area contributed by atoms with Crippen LogP contribution in [0.2, 0.25) is 0 Å². The Labute approximate surface area is 133 Å². The molecular weight excluding hydrogens is 272 g/mol. The predicted molar refractivity (Wildman–Crippen MR) is 92.7 cm³/mol. The molecule has 3 nitrogen and oxygen atoms in total. The second-order valence-electron chi connectivity index (χ2n) is 6.47. The molecule has 0 spiro atoms. The number of ether oxygens (including phenoxy) is 1. The minimum atomic E-state index is 0.508. The molecule has 0 radical (unpaired) electrons. The summed E-state index contributed by atoms with van der Waals surface area (Å²) in [5.41, 5.74) is 4.90. The maximum Gasteiger partial charge on any atom is 0.0709 e. The average Bonchev–Trinajstić information content (AvgIpc) is 2.54. The first-order valence-corrected chi connectivity index (χ1v) is 8.45. The van der Waals surface area contributed by atoms with Crippen molar-refractivity contribution in [2.75, 3.05) is 18.5 Å². The van der Waals surface area contributed by atoms with E-state index >= 15 is 0 Å². The van der Waals surface area contributed by atoms with E-state index in [1.165, 1.54) is 22.3 Å². The van der Waals surface area contributed by atoms with E-state index in [2.05, 4.69) is 50.4 Å². The van der Waals surface area contributed by atoms with Gasteiger partial charge in [0.1, 0.15) is 0 Å². The van der Waals surface area contributed by atoms with Crippen LogP contribution in [0.3, 0.4) is 0 Å². The van der Waals surface area contributed by atoms with Gasteiger partial charge in [0.15, 0.2) is 0 Å². The van der Waals surface area contributed by atoms with Crippen molar-refractivity contribution in [3.63, 3.8) is 0 Å². The Hall–Kier alpha value is -1.61. The summed E-state index contributed by atoms with van der Waals surface area (Å²) in [5.74, 6) is 0.508. The highest BCUT2D eigenvalue weighted by Gasteiger charge is 2.14. The molecule has 1 aliphatic heterocycles. The lowest BCUT2D eigenvalue weighted by atomic mass is 9.97. The van der Waals surface area contributed by atoms with Gasteiger partial charge in [0, 0.05) is 36.0 Å². The number of aromatic nitrogens is 1. The van der Waals surface area contributed by atoms with Crippen LogP contribution in [0.1, 0.15) is 50.8 Å². The molecule has 0 atom stereocenters. The van der Waals surface area contributed by atoms with Gasteiger partial charge in [-0.15, -0.1) is 0 Å². The van der Waals surface area contributed by atoms with Crippen molar-refractivity contribution >= 4 is 16.6 Å². The Morgan fingerprint density at radius 2 is 2.00 bits per heavy atom. The molecule has 1 saturated heterocycles. The molecule has 0 unspecified atom stereocenters. The highest BCUT2D eigenvalue weighted by Crippen LogP contribution is 2.28. The van der Waals surface area contributed by atoms with Gasteiger partial charge in [-0.2, -0.15) is 0 Å². The van der Waals surface area contributed by atoms with Crippen LogP contribution in [-0.2, 0) is 11.2 Å². The highest BCUT2D eigenvalue weighted by molar-refractivity contribution is 5.86. The molecule has 1 fully saturated rings. The number of aryl methyl sites for hydroxylation is 1. The number of anilines is 1. The molecule has 118 valence electrons. The van der Waals surface area contributed by atoms with E-state index < -0.39 is 0 Å². The van der Waals surface area contributed by atoms with Crippen molar-refractivity contribution in [2.45, 2.75) is 52.0 Å². The number of pyridine rings is 1. The number of nitrogens with zero attached hydrogens (tertiary/aromatic N) is 1. The summed E-state index contributed by atoms with van der Waals surface area (Å²) in [4.78, 5) is 4.78. The van der Waals surface area contributed by atoms with Gasteiger partial charge in [0.05, 0.1) is 5.52 Å². The topological polar surface area (TPSA) is 34.1 Å². The molecule has 1 N–H and O–H groups in total. The van der Waals surface area contributed by atoms with Crippen LogP contribution in [0, 0.1) is 0 Å². The first-order chi connectivity index (χ1) is 10.7. The third-order valence-electron chi connectivity index (χ3n) is 4.47. The Kier molecular flexibility index (Phi) is 4.63. The van der Waals surface area contributed by atoms with Crippen molar-refractivity contribution in [3.8, 4) is 0 Å². The normalized spacial score (nSPS) is 16.4. The highest BCUT2D eigenvalue weighted by atomic mass is 16.5. The number of benzene rings is 1. The van der Waals surface area contributed by atoms with Crippen LogP contribution < -0.4 is 5.32 Å². The van der Waals surface area contributed by atoms with Crippen LogP contribution in [0.5, 0.6) is 0 Å². The van der Waals surface area contributed by atoms with E-state index in [0.29, 0.717) is 12.0 Å². The SMILES string of the molecule is CCc1cc(C(C)C)c2cc(NC3CCOCC3)ccc2n1. The van der Waals surface area contributed by atoms with E-state index in [1.54, 1.807) is 0 Å². The van der Waals surface area contributed by atoms with Gasteiger partial charge in [0.2, 0.25) is 0 Å². The zero-order chi connectivity index (χ0) is 15.5. The maximum absolute atomic E-state index is 5.43. The third-order valence-corrected chi connectivity index (χ3v) is 4.47. The van der Waals surface area contributed by atoms with Crippen molar-refractivity contribution in [1.29, 1.82) is 0 Å². The smallest absolute Gasteiger partial charge is 0.0709 e. The number of hydrogen-bond acceptors (Lipinski definition) is 3. The van der Waals surface area contributed by atoms with Crippen molar-refractivity contribution < 1.29 is 4.74 Å². The minimum Gasteiger partial charge on any atom is -0.382 e. The molecule has 0 bridgehead atoms. The standard InChI is InChI=1S/C19H26N2O/c1-4-14-11-17(13(2)3)18-12-16(5-6-19(18)21-14)20-15-7-9-22-10-8-15/h5-6,11-13,15,20H,4,7-10H2,1-3H3. The zero-order valence-electron chi connectivity index (χ0n) is 13.9. The summed E-state index contributed by atoms with van der Waals surface area (Å²) in [6.07, 6.45) is 3.15. The first kappa shape index (κ1) is 15.3. The van der Waals surface area contributed by atoms with E-state index in [-0.39, 0.29) is 0 Å². The van der Waals surface area contributed by atoms with Crippen molar-refractivity contribution in [3.05, 3.63) is 35.5 Å². The Morgan fingerprint density at radius 1 is 1.23 bits per heavy atom. The number of rotatable bonds is 4. The Bertz CT molecular complexity index is 645. The lowest BCUT2D eigenvalue weighted by Gasteiger charge is -2.24. The first-order valence-electron chi connectivity index (χ1n) is 8.45. The van der Waals surface area contributed by atoms with E-state index in [9.17, 15) is 0 Å². The van der Waals surface area contributed by atoms with Gasteiger partial charge >= 0.3 is 0 Å². The largest absolute Gasteiger partial charge is 0.382 e. The fourth-order valence-electron chi connectivity index (χ4n) is 3.14. The molecule has 1 aromatic carbocycles. The molecule has 22 heavy (non-hydrogen) atoms. The minimum absolute atomic E-state index is 0.508. The van der Waals surface area contributed by atoms with E-state index in [1.807, 2.05) is 0 Å². The van der Waals surface area contributed by atoms with E-state index in [4.69, 9.17) is 9.72 Å². The van der Waals surface area contributed by atoms with Crippen LogP contribution in [0.15, 0.2) is 24.3 Å². The maximum atomic E-state index is 5.43. The summed E-state index contributed by atoms with van der Waals surface area (Å²) in [5, 5.41) is 4.94. The van der Waals surface area contributed by atoms with Gasteiger partial charge in [-0.25, -0.2) is 0 Å². The van der Waals surface area contributed by atoms with E-state index in [0.717, 1.165) is 38.0 Å². The lowest BCUT2D eigenvalue weighted by Crippen LogP contribution is -2.27. The van der Waals surface area contributed by atoms with Crippen LogP contribution in [0.4, 0.5) is 5.69 Å². The third kappa shape index (κ3) is 3.25. The molecule has 0 saturated carbocycles. The summed E-state index contributed by atoms with van der Waals surface area (Å²) < 4.78 is 5.43. The molecule has 0 aliphatic carbocycles. The fraction of sp³-hybridized carbons (Fsp3) is 0.526. The fourth-order valence-corrected chi connectivity index (χ4v) is 3.14.